The first kappa shape index (κ1) is 30.8. The van der Waals surface area contributed by atoms with E-state index >= 15 is 4.39 Å². The van der Waals surface area contributed by atoms with Crippen LogP contribution in [-0.4, -0.2) is 65.0 Å². The average molecular weight is 663 g/mol. The zero-order valence-corrected chi connectivity index (χ0v) is 25.3. The molecule has 3 aliphatic heterocycles. The van der Waals surface area contributed by atoms with Crippen LogP contribution >= 0.6 is 11.3 Å². The second kappa shape index (κ2) is 11.1. The lowest BCUT2D eigenvalue weighted by atomic mass is 9.93. The minimum Gasteiger partial charge on any atom is -0.472 e. The lowest BCUT2D eigenvalue weighted by Crippen LogP contribution is -2.43. The van der Waals surface area contributed by atoms with Crippen molar-refractivity contribution in [3.63, 3.8) is 0 Å². The number of alkyl halides is 4. The fraction of sp³-hybridized carbons (Fsp3) is 0.452. The van der Waals surface area contributed by atoms with Crippen LogP contribution in [0.1, 0.15) is 38.2 Å². The molecule has 0 bridgehead atoms. The number of nitrogens with one attached hydrogen (secondary N) is 1. The molecule has 0 spiro atoms. The highest BCUT2D eigenvalue weighted by Crippen LogP contribution is 2.51. The summed E-state index contributed by atoms with van der Waals surface area (Å²) in [5.41, 5.74) is 1.88. The molecular formula is C31H28F6N6O2S. The Morgan fingerprint density at radius 1 is 1.26 bits per heavy atom. The number of fused-ring (bicyclic) bond motifs is 3. The molecule has 0 radical (unpaired) electrons. The first-order chi connectivity index (χ1) is 21.9. The number of aromatic nitrogens is 2. The van der Waals surface area contributed by atoms with Gasteiger partial charge in [-0.3, -0.25) is 4.90 Å². The molecule has 7 rings (SSSR count). The molecule has 3 aliphatic rings. The van der Waals surface area contributed by atoms with Gasteiger partial charge in [0.15, 0.2) is 5.82 Å². The second-order valence-corrected chi connectivity index (χ2v) is 13.1. The highest BCUT2D eigenvalue weighted by atomic mass is 32.1. The van der Waals surface area contributed by atoms with E-state index in [-0.39, 0.29) is 69.2 Å². The van der Waals surface area contributed by atoms with Gasteiger partial charge in [-0.15, -0.1) is 11.3 Å². The molecule has 0 saturated carbocycles. The first-order valence-corrected chi connectivity index (χ1v) is 15.6. The Bertz CT molecular complexity index is 1910. The van der Waals surface area contributed by atoms with E-state index in [9.17, 15) is 22.0 Å². The van der Waals surface area contributed by atoms with Gasteiger partial charge in [0.2, 0.25) is 11.6 Å². The van der Waals surface area contributed by atoms with Crippen LogP contribution in [-0.2, 0) is 6.18 Å². The number of nitrogen functional groups attached to an aromatic ring is 1. The summed E-state index contributed by atoms with van der Waals surface area (Å²) >= 11 is 0.693. The molecule has 0 unspecified atom stereocenters. The normalized spacial score (nSPS) is 25.0. The third kappa shape index (κ3) is 4.98. The maximum absolute atomic E-state index is 16.8. The summed E-state index contributed by atoms with van der Waals surface area (Å²) in [7, 11) is 0. The van der Waals surface area contributed by atoms with Crippen LogP contribution in [0, 0.1) is 18.2 Å². The summed E-state index contributed by atoms with van der Waals surface area (Å²) in [6.07, 6.45) is -4.31. The van der Waals surface area contributed by atoms with E-state index in [4.69, 9.17) is 21.8 Å². The summed E-state index contributed by atoms with van der Waals surface area (Å²) in [5.74, 6) is -2.48. The van der Waals surface area contributed by atoms with E-state index in [1.54, 1.807) is 0 Å². The number of benzene rings is 2. The molecule has 3 saturated heterocycles. The highest BCUT2D eigenvalue weighted by molar-refractivity contribution is 7.23. The Hall–Kier alpha value is -3.87. The molecule has 8 nitrogen and oxygen atoms in total. The SMILES string of the molecule is [C-]#[N+]c1c(N)sc2c(F)ccc(-c3c(C(F)(F)F)cc4c(O[C@@H]5CCN[C@@H]5C)nc(OC[C@@]56CCCN5C[C@H](F)C6)nc4c3F)c12. The summed E-state index contributed by atoms with van der Waals surface area (Å²) in [6.45, 7) is 11.0. The zero-order valence-electron chi connectivity index (χ0n) is 24.5. The van der Waals surface area contributed by atoms with Crippen LogP contribution in [0.4, 0.5) is 37.0 Å². The minimum absolute atomic E-state index is 0.00397. The first-order valence-electron chi connectivity index (χ1n) is 14.8. The predicted molar refractivity (Wildman–Crippen MR) is 161 cm³/mol. The molecule has 2 aromatic heterocycles. The number of anilines is 1. The highest BCUT2D eigenvalue weighted by Gasteiger charge is 2.49. The summed E-state index contributed by atoms with van der Waals surface area (Å²) in [5, 5.41) is 2.53. The van der Waals surface area contributed by atoms with Gasteiger partial charge >= 0.3 is 12.2 Å². The zero-order chi connectivity index (χ0) is 32.5. The fourth-order valence-corrected chi connectivity index (χ4v) is 8.04. The second-order valence-electron chi connectivity index (χ2n) is 12.1. The molecule has 4 atom stereocenters. The number of thiophene rings is 1. The van der Waals surface area contributed by atoms with Crippen molar-refractivity contribution in [1.82, 2.24) is 20.2 Å². The molecule has 5 heterocycles. The third-order valence-electron chi connectivity index (χ3n) is 9.30. The average Bonchev–Trinajstić information content (AvgIpc) is 3.74. The number of hydrogen-bond acceptors (Lipinski definition) is 8. The molecule has 2 aromatic carbocycles. The number of hydrogen-bond donors (Lipinski definition) is 2. The van der Waals surface area contributed by atoms with Crippen molar-refractivity contribution in [2.75, 3.05) is 32.0 Å². The van der Waals surface area contributed by atoms with Gasteiger partial charge in [0.05, 0.1) is 32.8 Å². The van der Waals surface area contributed by atoms with Crippen LogP contribution < -0.4 is 20.5 Å². The molecule has 242 valence electrons. The van der Waals surface area contributed by atoms with Crippen molar-refractivity contribution < 1.29 is 35.8 Å². The quantitative estimate of drug-likeness (QED) is 0.169. The van der Waals surface area contributed by atoms with E-state index in [2.05, 4.69) is 20.1 Å². The Morgan fingerprint density at radius 2 is 2.07 bits per heavy atom. The van der Waals surface area contributed by atoms with Gasteiger partial charge in [-0.1, -0.05) is 6.07 Å². The molecule has 0 aliphatic carbocycles. The van der Waals surface area contributed by atoms with Crippen LogP contribution in [0.15, 0.2) is 18.2 Å². The van der Waals surface area contributed by atoms with Gasteiger partial charge in [0, 0.05) is 30.0 Å². The largest absolute Gasteiger partial charge is 0.472 e. The van der Waals surface area contributed by atoms with E-state index in [0.717, 1.165) is 18.6 Å². The van der Waals surface area contributed by atoms with Crippen molar-refractivity contribution in [2.45, 2.75) is 62.6 Å². The molecule has 3 N–H and O–H groups in total. The van der Waals surface area contributed by atoms with Gasteiger partial charge in [-0.25, -0.2) is 18.0 Å². The lowest BCUT2D eigenvalue weighted by molar-refractivity contribution is -0.137. The Kier molecular flexibility index (Phi) is 7.45. The van der Waals surface area contributed by atoms with Crippen LogP contribution in [0.3, 0.4) is 0 Å². The maximum Gasteiger partial charge on any atom is 0.417 e. The number of nitrogens with zero attached hydrogens (tertiary/aromatic N) is 4. The topological polar surface area (TPSA) is 89.9 Å². The van der Waals surface area contributed by atoms with E-state index in [1.807, 2.05) is 11.8 Å². The number of nitrogens with two attached hydrogens (primary N) is 1. The van der Waals surface area contributed by atoms with Crippen molar-refractivity contribution >= 4 is 43.0 Å². The van der Waals surface area contributed by atoms with Crippen LogP contribution in [0.2, 0.25) is 0 Å². The van der Waals surface area contributed by atoms with Gasteiger partial charge in [-0.2, -0.15) is 23.1 Å². The molecule has 0 amide bonds. The Labute approximate surface area is 263 Å². The number of rotatable bonds is 6. The number of ether oxygens (including phenoxy) is 2. The van der Waals surface area contributed by atoms with Crippen LogP contribution in [0.25, 0.3) is 37.0 Å². The van der Waals surface area contributed by atoms with Gasteiger partial charge in [0.1, 0.15) is 30.2 Å². The van der Waals surface area contributed by atoms with E-state index in [0.29, 0.717) is 43.3 Å². The molecule has 46 heavy (non-hydrogen) atoms. The van der Waals surface area contributed by atoms with Crippen molar-refractivity contribution in [2.24, 2.45) is 0 Å². The lowest BCUT2D eigenvalue weighted by Gasteiger charge is -2.30. The van der Waals surface area contributed by atoms with Gasteiger partial charge in [-0.05, 0) is 57.0 Å². The number of halogens is 6. The van der Waals surface area contributed by atoms with Gasteiger partial charge < -0.3 is 20.5 Å². The van der Waals surface area contributed by atoms with E-state index in [1.165, 1.54) is 0 Å². The molecule has 15 heteroatoms. The van der Waals surface area contributed by atoms with Crippen molar-refractivity contribution in [3.05, 3.63) is 46.8 Å². The fourth-order valence-electron chi connectivity index (χ4n) is 7.10. The van der Waals surface area contributed by atoms with Gasteiger partial charge in [0.25, 0.3) is 0 Å². The van der Waals surface area contributed by atoms with Crippen LogP contribution in [0.5, 0.6) is 11.9 Å². The molecule has 3 fully saturated rings. The predicted octanol–water partition coefficient (Wildman–Crippen LogP) is 7.03. The Balaban J connectivity index is 1.44. The smallest absolute Gasteiger partial charge is 0.417 e. The van der Waals surface area contributed by atoms with Crippen molar-refractivity contribution in [3.8, 4) is 23.0 Å². The minimum atomic E-state index is -5.09. The molecule has 4 aromatic rings. The molecular weight excluding hydrogens is 634 g/mol. The summed E-state index contributed by atoms with van der Waals surface area (Å²) < 4.78 is 102. The third-order valence-corrected chi connectivity index (χ3v) is 10.3. The van der Waals surface area contributed by atoms with Crippen molar-refractivity contribution in [1.29, 1.82) is 0 Å². The van der Waals surface area contributed by atoms with E-state index < -0.39 is 52.3 Å². The summed E-state index contributed by atoms with van der Waals surface area (Å²) in [6, 6.07) is 2.12. The monoisotopic (exact) mass is 662 g/mol. The Morgan fingerprint density at radius 3 is 2.78 bits per heavy atom. The standard InChI is InChI=1S/C31H28F6N6O2S/c1-14-20(6-8-40-14)45-28-17-10-18(31(35,36)37)21(16-4-5-19(33)26-22(16)25(39-2)27(38)46-26)23(34)24(17)41-29(42-28)44-13-30-7-3-9-43(30)12-15(32)11-30/h4-5,10,14-15,20,40H,3,6-9,11-13,38H2,1H3/t14-,15-,20-,30+/m1/s1. The maximum atomic E-state index is 16.8. The summed E-state index contributed by atoms with van der Waals surface area (Å²) in [4.78, 5) is 13.9.